The van der Waals surface area contributed by atoms with E-state index in [2.05, 4.69) is 23.2 Å². The van der Waals surface area contributed by atoms with Crippen molar-refractivity contribution in [2.24, 2.45) is 0 Å². The maximum atomic E-state index is 6.27. The van der Waals surface area contributed by atoms with Crippen LogP contribution in [0.15, 0.2) is 18.2 Å². The molecular weight excluding hydrogens is 401 g/mol. The number of pyridine rings is 1. The normalized spacial score (nSPS) is 17.7. The first-order valence-electron chi connectivity index (χ1n) is 10.9. The van der Waals surface area contributed by atoms with Crippen molar-refractivity contribution in [1.82, 2.24) is 15.2 Å². The lowest BCUT2D eigenvalue weighted by Gasteiger charge is -2.32. The van der Waals surface area contributed by atoms with Crippen LogP contribution in [-0.2, 0) is 25.8 Å². The summed E-state index contributed by atoms with van der Waals surface area (Å²) >= 11 is 12.4. The van der Waals surface area contributed by atoms with Gasteiger partial charge in [-0.25, -0.2) is 0 Å². The van der Waals surface area contributed by atoms with Crippen molar-refractivity contribution in [1.29, 1.82) is 0 Å². The Bertz CT molecular complexity index is 881. The lowest BCUT2D eigenvalue weighted by Crippen LogP contribution is -2.34. The van der Waals surface area contributed by atoms with Gasteiger partial charge >= 0.3 is 0 Å². The number of nitrogens with one attached hydrogen (secondary N) is 1. The molecule has 29 heavy (non-hydrogen) atoms. The Balaban J connectivity index is 1.46. The number of likely N-dealkylation sites (N-methyl/N-ethyl adjacent to an activating group) is 1. The number of halogens is 2. The van der Waals surface area contributed by atoms with Gasteiger partial charge in [-0.2, -0.15) is 0 Å². The maximum Gasteiger partial charge on any atom is 0.0595 e. The molecular formula is C24H31Cl2N3. The third kappa shape index (κ3) is 4.64. The Morgan fingerprint density at radius 1 is 1.07 bits per heavy atom. The van der Waals surface area contributed by atoms with Crippen molar-refractivity contribution in [3.63, 3.8) is 0 Å². The van der Waals surface area contributed by atoms with E-state index in [4.69, 9.17) is 28.2 Å². The van der Waals surface area contributed by atoms with Crippen molar-refractivity contribution in [2.75, 3.05) is 26.7 Å². The molecule has 1 atom stereocenters. The van der Waals surface area contributed by atoms with E-state index in [0.29, 0.717) is 16.0 Å². The van der Waals surface area contributed by atoms with Crippen molar-refractivity contribution in [3.8, 4) is 0 Å². The zero-order valence-corrected chi connectivity index (χ0v) is 19.0. The number of fused-ring (bicyclic) bond motifs is 2. The minimum absolute atomic E-state index is 0.430. The minimum Gasteiger partial charge on any atom is -0.319 e. The van der Waals surface area contributed by atoms with Crippen LogP contribution in [0.1, 0.15) is 58.8 Å². The van der Waals surface area contributed by atoms with E-state index in [0.717, 1.165) is 39.0 Å². The molecule has 1 aromatic carbocycles. The summed E-state index contributed by atoms with van der Waals surface area (Å²) in [6.45, 7) is 6.49. The fourth-order valence-electron chi connectivity index (χ4n) is 4.96. The first-order chi connectivity index (χ1) is 14.1. The van der Waals surface area contributed by atoms with Gasteiger partial charge < -0.3 is 5.32 Å². The number of hydrogen-bond donors (Lipinski definition) is 1. The molecule has 0 saturated carbocycles. The van der Waals surface area contributed by atoms with E-state index in [1.807, 2.05) is 19.2 Å². The quantitative estimate of drug-likeness (QED) is 0.669. The van der Waals surface area contributed by atoms with Gasteiger partial charge in [0.1, 0.15) is 0 Å². The van der Waals surface area contributed by atoms with Gasteiger partial charge in [-0.05, 0) is 92.9 Å². The van der Waals surface area contributed by atoms with Gasteiger partial charge in [-0.3, -0.25) is 9.88 Å². The third-order valence-electron chi connectivity index (χ3n) is 6.67. The van der Waals surface area contributed by atoms with Gasteiger partial charge in [0, 0.05) is 37.4 Å². The molecule has 1 aromatic heterocycles. The summed E-state index contributed by atoms with van der Waals surface area (Å²) in [5, 5.41) is 4.61. The van der Waals surface area contributed by atoms with Gasteiger partial charge in [0.2, 0.25) is 0 Å². The van der Waals surface area contributed by atoms with E-state index >= 15 is 0 Å². The number of aryl methyl sites for hydroxylation is 1. The molecule has 0 bridgehead atoms. The van der Waals surface area contributed by atoms with E-state index in [9.17, 15) is 0 Å². The zero-order valence-electron chi connectivity index (χ0n) is 17.5. The van der Waals surface area contributed by atoms with Crippen molar-refractivity contribution in [2.45, 2.75) is 57.9 Å². The highest BCUT2D eigenvalue weighted by molar-refractivity contribution is 6.42. The second-order valence-electron chi connectivity index (χ2n) is 8.54. The highest BCUT2D eigenvalue weighted by atomic mass is 35.5. The molecule has 2 heterocycles. The fourth-order valence-corrected chi connectivity index (χ4v) is 5.26. The van der Waals surface area contributed by atoms with E-state index < -0.39 is 0 Å². The molecule has 0 fully saturated rings. The number of hydrogen-bond acceptors (Lipinski definition) is 3. The van der Waals surface area contributed by atoms with Crippen LogP contribution in [0.2, 0.25) is 10.0 Å². The van der Waals surface area contributed by atoms with Crippen LogP contribution in [0.5, 0.6) is 0 Å². The molecule has 0 spiro atoms. The molecule has 156 valence electrons. The van der Waals surface area contributed by atoms with Crippen LogP contribution in [0, 0.1) is 6.92 Å². The van der Waals surface area contributed by atoms with Crippen LogP contribution in [0.4, 0.5) is 0 Å². The Labute approximate surface area is 184 Å². The average Bonchev–Trinajstić information content (AvgIpc) is 2.73. The third-order valence-corrected chi connectivity index (χ3v) is 7.41. The molecule has 1 unspecified atom stereocenters. The Morgan fingerprint density at radius 2 is 1.86 bits per heavy atom. The van der Waals surface area contributed by atoms with Crippen LogP contribution in [0.3, 0.4) is 0 Å². The van der Waals surface area contributed by atoms with E-state index in [1.165, 1.54) is 53.8 Å². The second-order valence-corrected chi connectivity index (χ2v) is 9.35. The lowest BCUT2D eigenvalue weighted by molar-refractivity contribution is 0.240. The molecule has 4 rings (SSSR count). The fraction of sp³-hybridized carbons (Fsp3) is 0.542. The number of benzene rings is 1. The summed E-state index contributed by atoms with van der Waals surface area (Å²) in [6.07, 6.45) is 7.17. The molecule has 0 radical (unpaired) electrons. The summed E-state index contributed by atoms with van der Waals surface area (Å²) in [4.78, 5) is 7.68. The summed E-state index contributed by atoms with van der Waals surface area (Å²) in [7, 11) is 2.01. The molecule has 1 aliphatic heterocycles. The number of aromatic nitrogens is 1. The first kappa shape index (κ1) is 21.1. The van der Waals surface area contributed by atoms with Crippen LogP contribution < -0.4 is 5.32 Å². The highest BCUT2D eigenvalue weighted by Gasteiger charge is 2.25. The summed E-state index contributed by atoms with van der Waals surface area (Å²) in [5.41, 5.74) is 8.56. The number of nitrogens with zero attached hydrogens (tertiary/aromatic N) is 2. The first-order valence-corrected chi connectivity index (χ1v) is 11.6. The topological polar surface area (TPSA) is 28.2 Å². The van der Waals surface area contributed by atoms with Crippen LogP contribution in [0.25, 0.3) is 0 Å². The molecule has 1 N–H and O–H groups in total. The molecule has 0 amide bonds. The zero-order chi connectivity index (χ0) is 20.4. The molecule has 2 aromatic rings. The van der Waals surface area contributed by atoms with Crippen molar-refractivity contribution >= 4 is 23.2 Å². The van der Waals surface area contributed by atoms with Crippen molar-refractivity contribution in [3.05, 3.63) is 61.9 Å². The van der Waals surface area contributed by atoms with Crippen molar-refractivity contribution < 1.29 is 0 Å². The lowest BCUT2D eigenvalue weighted by atomic mass is 9.87. The monoisotopic (exact) mass is 431 g/mol. The minimum atomic E-state index is 0.430. The molecule has 3 nitrogen and oxygen atoms in total. The standard InChI is InChI=1S/C24H31Cl2N3/c1-16-19-5-3-4-6-23(19)28-24-10-12-29(15-20(16)24)11-9-18(14-27-2)17-7-8-21(25)22(26)13-17/h7-8,13,18,27H,3-6,9-12,14-15H2,1-2H3. The molecule has 2 aliphatic rings. The second kappa shape index (κ2) is 9.34. The van der Waals surface area contributed by atoms with Gasteiger partial charge in [0.15, 0.2) is 0 Å². The predicted molar refractivity (Wildman–Crippen MR) is 122 cm³/mol. The summed E-state index contributed by atoms with van der Waals surface area (Å²) in [6, 6.07) is 6.05. The Hall–Kier alpha value is -1.13. The van der Waals surface area contributed by atoms with Gasteiger partial charge in [-0.15, -0.1) is 0 Å². The van der Waals surface area contributed by atoms with Crippen LogP contribution >= 0.6 is 23.2 Å². The summed E-state index contributed by atoms with van der Waals surface area (Å²) < 4.78 is 0. The number of rotatable bonds is 6. The Morgan fingerprint density at radius 3 is 2.66 bits per heavy atom. The van der Waals surface area contributed by atoms with Gasteiger partial charge in [-0.1, -0.05) is 29.3 Å². The van der Waals surface area contributed by atoms with E-state index in [1.54, 1.807) is 5.56 Å². The average molecular weight is 432 g/mol. The van der Waals surface area contributed by atoms with E-state index in [-0.39, 0.29) is 0 Å². The van der Waals surface area contributed by atoms with Gasteiger partial charge in [0.05, 0.1) is 10.0 Å². The molecule has 0 saturated heterocycles. The summed E-state index contributed by atoms with van der Waals surface area (Å²) in [5.74, 6) is 0.430. The maximum absolute atomic E-state index is 6.27. The Kier molecular flexibility index (Phi) is 6.80. The van der Waals surface area contributed by atoms with Gasteiger partial charge in [0.25, 0.3) is 0 Å². The smallest absolute Gasteiger partial charge is 0.0595 e. The molecule has 1 aliphatic carbocycles. The SMILES string of the molecule is CNCC(CCN1CCc2nc3c(c(C)c2C1)CCCC3)c1ccc(Cl)c(Cl)c1. The highest BCUT2D eigenvalue weighted by Crippen LogP contribution is 2.31. The van der Waals surface area contributed by atoms with Crippen LogP contribution in [-0.4, -0.2) is 36.6 Å². The largest absolute Gasteiger partial charge is 0.319 e. The molecule has 5 heteroatoms. The predicted octanol–water partition coefficient (Wildman–Crippen LogP) is 5.33.